The fourth-order valence-electron chi connectivity index (χ4n) is 2.59. The summed E-state index contributed by atoms with van der Waals surface area (Å²) >= 11 is 0. The Balaban J connectivity index is 1.82. The molecule has 0 aromatic heterocycles. The minimum absolute atomic E-state index is 0.395. The number of ether oxygens (including phenoxy) is 1. The first-order valence-electron chi connectivity index (χ1n) is 6.42. The molecule has 2 heterocycles. The molecule has 94 valence electrons. The van der Waals surface area contributed by atoms with Crippen LogP contribution in [0.5, 0.6) is 0 Å². The monoisotopic (exact) mass is 227 g/mol. The number of rotatable bonds is 2. The molecule has 4 heteroatoms. The summed E-state index contributed by atoms with van der Waals surface area (Å²) in [7, 11) is 2.18. The van der Waals surface area contributed by atoms with Gasteiger partial charge in [-0.25, -0.2) is 0 Å². The lowest BCUT2D eigenvalue weighted by molar-refractivity contribution is -0.0446. The summed E-state index contributed by atoms with van der Waals surface area (Å²) < 4.78 is 5.83. The van der Waals surface area contributed by atoms with E-state index in [-0.39, 0.29) is 0 Å². The van der Waals surface area contributed by atoms with E-state index in [9.17, 15) is 0 Å². The molecule has 2 saturated heterocycles. The zero-order valence-electron chi connectivity index (χ0n) is 10.8. The number of hydrogen-bond donors (Lipinski definition) is 1. The van der Waals surface area contributed by atoms with Crippen LogP contribution in [-0.2, 0) is 4.74 Å². The van der Waals surface area contributed by atoms with Crippen LogP contribution in [-0.4, -0.2) is 74.4 Å². The fraction of sp³-hybridized carbons (Fsp3) is 1.00. The van der Waals surface area contributed by atoms with Crippen LogP contribution in [0, 0.1) is 0 Å². The van der Waals surface area contributed by atoms with E-state index in [0.717, 1.165) is 39.3 Å². The van der Waals surface area contributed by atoms with Gasteiger partial charge in [-0.05, 0) is 20.9 Å². The topological polar surface area (TPSA) is 27.7 Å². The van der Waals surface area contributed by atoms with Crippen molar-refractivity contribution in [2.24, 2.45) is 0 Å². The van der Waals surface area contributed by atoms with Crippen molar-refractivity contribution in [2.75, 3.05) is 46.4 Å². The highest BCUT2D eigenvalue weighted by Gasteiger charge is 2.26. The Kier molecular flexibility index (Phi) is 4.19. The average molecular weight is 227 g/mol. The minimum atomic E-state index is 0.395. The van der Waals surface area contributed by atoms with Crippen LogP contribution in [0.25, 0.3) is 0 Å². The first-order valence-corrected chi connectivity index (χ1v) is 6.42. The quantitative estimate of drug-likeness (QED) is 0.719. The van der Waals surface area contributed by atoms with Gasteiger partial charge in [-0.1, -0.05) is 0 Å². The lowest BCUT2D eigenvalue weighted by Gasteiger charge is -2.41. The number of hydrogen-bond acceptors (Lipinski definition) is 4. The number of morpholine rings is 1. The standard InChI is InChI=1S/C12H25N3O/c1-10-7-15(11(2)6-13-10)9-12-8-14(3)4-5-16-12/h10-13H,4-9H2,1-3H3. The molecule has 2 aliphatic rings. The van der Waals surface area contributed by atoms with E-state index < -0.39 is 0 Å². The zero-order chi connectivity index (χ0) is 11.5. The van der Waals surface area contributed by atoms with Crippen LogP contribution < -0.4 is 5.32 Å². The predicted molar refractivity (Wildman–Crippen MR) is 65.7 cm³/mol. The molecule has 0 aromatic rings. The molecule has 0 aromatic carbocycles. The predicted octanol–water partition coefficient (Wildman–Crippen LogP) is -0.000800. The molecular formula is C12H25N3O. The lowest BCUT2D eigenvalue weighted by atomic mass is 10.1. The van der Waals surface area contributed by atoms with Gasteiger partial charge in [0.1, 0.15) is 0 Å². The normalized spacial score (nSPS) is 38.8. The van der Waals surface area contributed by atoms with E-state index in [1.807, 2.05) is 0 Å². The molecule has 0 bridgehead atoms. The maximum atomic E-state index is 5.83. The molecule has 0 spiro atoms. The van der Waals surface area contributed by atoms with Crippen LogP contribution in [0.2, 0.25) is 0 Å². The van der Waals surface area contributed by atoms with Crippen LogP contribution in [0.3, 0.4) is 0 Å². The maximum absolute atomic E-state index is 5.83. The van der Waals surface area contributed by atoms with Crippen molar-refractivity contribution in [1.82, 2.24) is 15.1 Å². The molecule has 1 N–H and O–H groups in total. The third-order valence-corrected chi connectivity index (χ3v) is 3.67. The van der Waals surface area contributed by atoms with Crippen molar-refractivity contribution < 1.29 is 4.74 Å². The number of nitrogens with one attached hydrogen (secondary N) is 1. The van der Waals surface area contributed by atoms with Crippen molar-refractivity contribution in [1.29, 1.82) is 0 Å². The minimum Gasteiger partial charge on any atom is -0.374 e. The Morgan fingerprint density at radius 1 is 1.31 bits per heavy atom. The van der Waals surface area contributed by atoms with E-state index >= 15 is 0 Å². The molecule has 2 fully saturated rings. The van der Waals surface area contributed by atoms with Gasteiger partial charge in [0.15, 0.2) is 0 Å². The number of likely N-dealkylation sites (N-methyl/N-ethyl adjacent to an activating group) is 1. The summed E-state index contributed by atoms with van der Waals surface area (Å²) in [6, 6.07) is 1.24. The molecule has 3 atom stereocenters. The average Bonchev–Trinajstić information content (AvgIpc) is 2.24. The molecule has 3 unspecified atom stereocenters. The molecule has 4 nitrogen and oxygen atoms in total. The van der Waals surface area contributed by atoms with Crippen molar-refractivity contribution in [3.05, 3.63) is 0 Å². The van der Waals surface area contributed by atoms with Gasteiger partial charge in [0.25, 0.3) is 0 Å². The largest absolute Gasteiger partial charge is 0.374 e. The van der Waals surface area contributed by atoms with Gasteiger partial charge < -0.3 is 15.0 Å². The van der Waals surface area contributed by atoms with Crippen LogP contribution >= 0.6 is 0 Å². The molecule has 0 amide bonds. The van der Waals surface area contributed by atoms with Crippen molar-refractivity contribution in [2.45, 2.75) is 32.0 Å². The summed E-state index contributed by atoms with van der Waals surface area (Å²) in [5.74, 6) is 0. The second kappa shape index (κ2) is 5.45. The Hall–Kier alpha value is -0.160. The van der Waals surface area contributed by atoms with Gasteiger partial charge in [0.2, 0.25) is 0 Å². The number of nitrogens with zero attached hydrogens (tertiary/aromatic N) is 2. The highest BCUT2D eigenvalue weighted by Crippen LogP contribution is 2.11. The summed E-state index contributed by atoms with van der Waals surface area (Å²) in [4.78, 5) is 4.93. The molecule has 0 aliphatic carbocycles. The molecule has 0 saturated carbocycles. The Labute approximate surface area is 98.9 Å². The summed E-state index contributed by atoms with van der Waals surface area (Å²) in [6.07, 6.45) is 0.395. The van der Waals surface area contributed by atoms with Gasteiger partial charge in [0.05, 0.1) is 12.7 Å². The van der Waals surface area contributed by atoms with Crippen molar-refractivity contribution in [3.63, 3.8) is 0 Å². The molecule has 16 heavy (non-hydrogen) atoms. The lowest BCUT2D eigenvalue weighted by Crippen LogP contribution is -2.57. The van der Waals surface area contributed by atoms with E-state index in [4.69, 9.17) is 4.74 Å². The fourth-order valence-corrected chi connectivity index (χ4v) is 2.59. The molecule has 2 rings (SSSR count). The van der Waals surface area contributed by atoms with E-state index in [1.54, 1.807) is 0 Å². The van der Waals surface area contributed by atoms with Crippen LogP contribution in [0.1, 0.15) is 13.8 Å². The first kappa shape index (κ1) is 12.3. The van der Waals surface area contributed by atoms with Gasteiger partial charge in [-0.3, -0.25) is 4.90 Å². The van der Waals surface area contributed by atoms with Gasteiger partial charge >= 0.3 is 0 Å². The smallest absolute Gasteiger partial charge is 0.0829 e. The van der Waals surface area contributed by atoms with E-state index in [2.05, 4.69) is 36.0 Å². The van der Waals surface area contributed by atoms with Gasteiger partial charge in [0, 0.05) is 44.8 Å². The maximum Gasteiger partial charge on any atom is 0.0829 e. The third-order valence-electron chi connectivity index (χ3n) is 3.67. The Bertz CT molecular complexity index is 224. The van der Waals surface area contributed by atoms with Crippen LogP contribution in [0.15, 0.2) is 0 Å². The zero-order valence-corrected chi connectivity index (χ0v) is 10.8. The Morgan fingerprint density at radius 2 is 2.12 bits per heavy atom. The third kappa shape index (κ3) is 3.17. The SMILES string of the molecule is CC1CN(CC2CN(C)CCO2)C(C)CN1. The van der Waals surface area contributed by atoms with Gasteiger partial charge in [-0.15, -0.1) is 0 Å². The highest BCUT2D eigenvalue weighted by molar-refractivity contribution is 4.84. The van der Waals surface area contributed by atoms with Crippen molar-refractivity contribution >= 4 is 0 Å². The first-order chi connectivity index (χ1) is 7.65. The summed E-state index contributed by atoms with van der Waals surface area (Å²) in [5, 5.41) is 3.51. The summed E-state index contributed by atoms with van der Waals surface area (Å²) in [6.45, 7) is 10.9. The van der Waals surface area contributed by atoms with E-state index in [0.29, 0.717) is 18.2 Å². The van der Waals surface area contributed by atoms with Crippen LogP contribution in [0.4, 0.5) is 0 Å². The number of piperazine rings is 1. The van der Waals surface area contributed by atoms with Gasteiger partial charge in [-0.2, -0.15) is 0 Å². The van der Waals surface area contributed by atoms with Crippen molar-refractivity contribution in [3.8, 4) is 0 Å². The Morgan fingerprint density at radius 3 is 2.88 bits per heavy atom. The molecule has 2 aliphatic heterocycles. The second-order valence-electron chi connectivity index (χ2n) is 5.37. The van der Waals surface area contributed by atoms with E-state index in [1.165, 1.54) is 0 Å². The molecule has 0 radical (unpaired) electrons. The molecular weight excluding hydrogens is 202 g/mol. The highest BCUT2D eigenvalue weighted by atomic mass is 16.5. The summed E-state index contributed by atoms with van der Waals surface area (Å²) in [5.41, 5.74) is 0. The second-order valence-corrected chi connectivity index (χ2v) is 5.37.